The number of Topliss-reactive ketones (excluding diaryl/α,β-unsaturated/α-hetero) is 1. The van der Waals surface area contributed by atoms with Crippen molar-refractivity contribution in [2.24, 2.45) is 0 Å². The van der Waals surface area contributed by atoms with Crippen molar-refractivity contribution in [1.82, 2.24) is 5.32 Å². The molecule has 1 unspecified atom stereocenters. The molecule has 0 saturated carbocycles. The average Bonchev–Trinajstić information content (AvgIpc) is 2.70. The van der Waals surface area contributed by atoms with Crippen LogP contribution in [-0.4, -0.2) is 44.2 Å². The van der Waals surface area contributed by atoms with Crippen LogP contribution in [0.3, 0.4) is 0 Å². The van der Waals surface area contributed by atoms with Crippen LogP contribution in [0.1, 0.15) is 28.9 Å². The van der Waals surface area contributed by atoms with Gasteiger partial charge in [-0.2, -0.15) is 0 Å². The number of carbonyl (C=O) groups is 2. The summed E-state index contributed by atoms with van der Waals surface area (Å²) in [6.45, 7) is 1.26. The molecule has 1 amide bonds. The number of amides is 1. The van der Waals surface area contributed by atoms with E-state index >= 15 is 0 Å². The summed E-state index contributed by atoms with van der Waals surface area (Å²) in [5.74, 6) is 0.931. The number of ether oxygens (including phenoxy) is 3. The zero-order chi connectivity index (χ0) is 19.8. The van der Waals surface area contributed by atoms with Gasteiger partial charge in [-0.05, 0) is 42.8 Å². The number of aliphatic hydroxyl groups is 1. The maximum Gasteiger partial charge on any atom is 0.258 e. The molecular weight excluding hydrogens is 350 g/mol. The summed E-state index contributed by atoms with van der Waals surface area (Å²) in [6.07, 6.45) is -0.843. The molecule has 0 aliphatic heterocycles. The molecule has 2 aromatic rings. The Hall–Kier alpha value is -3.06. The van der Waals surface area contributed by atoms with E-state index in [2.05, 4.69) is 5.32 Å². The second-order valence-electron chi connectivity index (χ2n) is 5.80. The third kappa shape index (κ3) is 5.72. The maximum absolute atomic E-state index is 12.0. The van der Waals surface area contributed by atoms with Gasteiger partial charge in [-0.25, -0.2) is 0 Å². The largest absolute Gasteiger partial charge is 0.497 e. The molecule has 0 fully saturated rings. The van der Waals surface area contributed by atoms with E-state index in [1.807, 2.05) is 0 Å². The van der Waals surface area contributed by atoms with Crippen LogP contribution in [0.15, 0.2) is 42.5 Å². The van der Waals surface area contributed by atoms with Gasteiger partial charge >= 0.3 is 0 Å². The summed E-state index contributed by atoms with van der Waals surface area (Å²) in [5, 5.41) is 12.7. The summed E-state index contributed by atoms with van der Waals surface area (Å²) in [6, 6.07) is 11.7. The van der Waals surface area contributed by atoms with Gasteiger partial charge in [0.25, 0.3) is 5.91 Å². The van der Waals surface area contributed by atoms with Gasteiger partial charge in [-0.15, -0.1) is 0 Å². The highest BCUT2D eigenvalue weighted by Crippen LogP contribution is 2.28. The van der Waals surface area contributed by atoms with Crippen LogP contribution in [0.2, 0.25) is 0 Å². The van der Waals surface area contributed by atoms with Gasteiger partial charge in [0.2, 0.25) is 0 Å². The third-order valence-corrected chi connectivity index (χ3v) is 3.92. The first-order valence-electron chi connectivity index (χ1n) is 8.35. The first-order chi connectivity index (χ1) is 12.9. The predicted octanol–water partition coefficient (Wildman–Crippen LogP) is 2.13. The zero-order valence-corrected chi connectivity index (χ0v) is 15.5. The second kappa shape index (κ2) is 9.59. The van der Waals surface area contributed by atoms with Gasteiger partial charge < -0.3 is 24.6 Å². The molecule has 0 saturated heterocycles. The smallest absolute Gasteiger partial charge is 0.258 e. The highest BCUT2D eigenvalue weighted by atomic mass is 16.5. The SMILES string of the molecule is COc1ccc(C(O)CNC(=O)COc2ccc(C(C)=O)cc2OC)cc1. The van der Waals surface area contributed by atoms with Crippen molar-refractivity contribution < 1.29 is 28.9 Å². The molecule has 7 nitrogen and oxygen atoms in total. The number of hydrogen-bond donors (Lipinski definition) is 2. The van der Waals surface area contributed by atoms with Gasteiger partial charge in [-0.1, -0.05) is 12.1 Å². The lowest BCUT2D eigenvalue weighted by Gasteiger charge is -2.14. The fraction of sp³-hybridized carbons (Fsp3) is 0.300. The molecule has 144 valence electrons. The summed E-state index contributed by atoms with van der Waals surface area (Å²) >= 11 is 0. The van der Waals surface area contributed by atoms with Gasteiger partial charge in [0, 0.05) is 12.1 Å². The van der Waals surface area contributed by atoms with Gasteiger partial charge in [-0.3, -0.25) is 9.59 Å². The maximum atomic E-state index is 12.0. The molecule has 0 radical (unpaired) electrons. The van der Waals surface area contributed by atoms with Crippen molar-refractivity contribution in [3.63, 3.8) is 0 Å². The number of hydrogen-bond acceptors (Lipinski definition) is 6. The van der Waals surface area contributed by atoms with Crippen molar-refractivity contribution in [2.45, 2.75) is 13.0 Å². The number of ketones is 1. The zero-order valence-electron chi connectivity index (χ0n) is 15.5. The molecule has 0 aliphatic rings. The van der Waals surface area contributed by atoms with Crippen molar-refractivity contribution in [2.75, 3.05) is 27.4 Å². The normalized spacial score (nSPS) is 11.4. The van der Waals surface area contributed by atoms with E-state index in [0.29, 0.717) is 28.4 Å². The third-order valence-electron chi connectivity index (χ3n) is 3.92. The minimum absolute atomic E-state index is 0.0505. The first-order valence-corrected chi connectivity index (χ1v) is 8.35. The van der Waals surface area contributed by atoms with E-state index in [0.717, 1.165) is 0 Å². The Morgan fingerprint density at radius 2 is 1.74 bits per heavy atom. The molecule has 0 aliphatic carbocycles. The van der Waals surface area contributed by atoms with Crippen LogP contribution < -0.4 is 19.5 Å². The Kier molecular flexibility index (Phi) is 7.19. The Balaban J connectivity index is 1.86. The molecule has 0 spiro atoms. The Morgan fingerprint density at radius 1 is 1.04 bits per heavy atom. The minimum Gasteiger partial charge on any atom is -0.497 e. The minimum atomic E-state index is -0.843. The Labute approximate surface area is 157 Å². The average molecular weight is 373 g/mol. The topological polar surface area (TPSA) is 94.1 Å². The van der Waals surface area contributed by atoms with E-state index < -0.39 is 6.10 Å². The molecule has 1 atom stereocenters. The van der Waals surface area contributed by atoms with Crippen molar-refractivity contribution in [1.29, 1.82) is 0 Å². The summed E-state index contributed by atoms with van der Waals surface area (Å²) in [4.78, 5) is 23.4. The van der Waals surface area contributed by atoms with E-state index in [1.54, 1.807) is 49.6 Å². The molecule has 0 heterocycles. The van der Waals surface area contributed by atoms with Crippen molar-refractivity contribution >= 4 is 11.7 Å². The van der Waals surface area contributed by atoms with Crippen LogP contribution in [0.5, 0.6) is 17.2 Å². The van der Waals surface area contributed by atoms with Crippen LogP contribution >= 0.6 is 0 Å². The van der Waals surface area contributed by atoms with Crippen LogP contribution in [0.25, 0.3) is 0 Å². The number of rotatable bonds is 9. The lowest BCUT2D eigenvalue weighted by atomic mass is 10.1. The Morgan fingerprint density at radius 3 is 2.33 bits per heavy atom. The van der Waals surface area contributed by atoms with Crippen molar-refractivity contribution in [3.05, 3.63) is 53.6 Å². The molecule has 0 aromatic heterocycles. The van der Waals surface area contributed by atoms with E-state index in [-0.39, 0.29) is 24.8 Å². The molecule has 27 heavy (non-hydrogen) atoms. The fourth-order valence-corrected chi connectivity index (χ4v) is 2.35. The van der Waals surface area contributed by atoms with Gasteiger partial charge in [0.05, 0.1) is 20.3 Å². The summed E-state index contributed by atoms with van der Waals surface area (Å²) in [5.41, 5.74) is 1.16. The van der Waals surface area contributed by atoms with Crippen LogP contribution in [-0.2, 0) is 4.79 Å². The highest BCUT2D eigenvalue weighted by molar-refractivity contribution is 5.94. The van der Waals surface area contributed by atoms with Gasteiger partial charge in [0.1, 0.15) is 5.75 Å². The molecule has 2 rings (SSSR count). The number of benzene rings is 2. The summed E-state index contributed by atoms with van der Waals surface area (Å²) in [7, 11) is 3.02. The Bertz CT molecular complexity index is 788. The highest BCUT2D eigenvalue weighted by Gasteiger charge is 2.12. The van der Waals surface area contributed by atoms with Crippen LogP contribution in [0.4, 0.5) is 0 Å². The van der Waals surface area contributed by atoms with Gasteiger partial charge in [0.15, 0.2) is 23.9 Å². The standard InChI is InChI=1S/C20H23NO6/c1-13(22)15-6-9-18(19(10-15)26-3)27-12-20(24)21-11-17(23)14-4-7-16(25-2)8-5-14/h4-10,17,23H,11-12H2,1-3H3,(H,21,24). The fourth-order valence-electron chi connectivity index (χ4n) is 2.35. The molecular formula is C20H23NO6. The number of nitrogens with one attached hydrogen (secondary N) is 1. The van der Waals surface area contributed by atoms with E-state index in [9.17, 15) is 14.7 Å². The lowest BCUT2D eigenvalue weighted by molar-refractivity contribution is -0.123. The number of carbonyl (C=O) groups excluding carboxylic acids is 2. The first kappa shape index (κ1) is 20.3. The number of methoxy groups -OCH3 is 2. The second-order valence-corrected chi connectivity index (χ2v) is 5.80. The molecule has 0 bridgehead atoms. The molecule has 7 heteroatoms. The number of aliphatic hydroxyl groups excluding tert-OH is 1. The molecule has 2 N–H and O–H groups in total. The monoisotopic (exact) mass is 373 g/mol. The molecule has 2 aromatic carbocycles. The van der Waals surface area contributed by atoms with E-state index in [1.165, 1.54) is 14.0 Å². The summed E-state index contributed by atoms with van der Waals surface area (Å²) < 4.78 is 15.7. The van der Waals surface area contributed by atoms with E-state index in [4.69, 9.17) is 14.2 Å². The predicted molar refractivity (Wildman–Crippen MR) is 99.5 cm³/mol. The lowest BCUT2D eigenvalue weighted by Crippen LogP contribution is -2.32. The van der Waals surface area contributed by atoms with Crippen molar-refractivity contribution in [3.8, 4) is 17.2 Å². The van der Waals surface area contributed by atoms with Crippen LogP contribution in [0, 0.1) is 0 Å². The quantitative estimate of drug-likeness (QED) is 0.654.